The average molecular weight is 340 g/mol. The lowest BCUT2D eigenvalue weighted by Gasteiger charge is -2.05. The van der Waals surface area contributed by atoms with Crippen LogP contribution in [0.15, 0.2) is 35.1 Å². The first-order valence-corrected chi connectivity index (χ1v) is 6.97. The number of nitrogens with zero attached hydrogens (tertiary/aromatic N) is 3. The molecule has 2 aromatic rings. The molecule has 1 heterocycles. The summed E-state index contributed by atoms with van der Waals surface area (Å²) in [5, 5.41) is 14.8. The number of nitro benzene ring substituents is 1. The minimum Gasteiger partial charge on any atom is -0.486 e. The molecule has 20 heavy (non-hydrogen) atoms. The lowest BCUT2D eigenvalue weighted by atomic mass is 10.2. The van der Waals surface area contributed by atoms with Crippen LogP contribution >= 0.6 is 15.9 Å². The molecule has 106 valence electrons. The normalized spacial score (nSPS) is 10.5. The number of aryl methyl sites for hydroxylation is 1. The van der Waals surface area contributed by atoms with E-state index in [1.165, 1.54) is 12.1 Å². The van der Waals surface area contributed by atoms with Gasteiger partial charge in [0.15, 0.2) is 5.75 Å². The maximum Gasteiger partial charge on any atom is 0.270 e. The highest BCUT2D eigenvalue weighted by Gasteiger charge is 2.09. The quantitative estimate of drug-likeness (QED) is 0.596. The topological polar surface area (TPSA) is 70.2 Å². The van der Waals surface area contributed by atoms with E-state index in [1.807, 2.05) is 10.9 Å². The van der Waals surface area contributed by atoms with Crippen molar-refractivity contribution in [1.29, 1.82) is 0 Å². The van der Waals surface area contributed by atoms with Crippen molar-refractivity contribution in [3.63, 3.8) is 0 Å². The van der Waals surface area contributed by atoms with Crippen LogP contribution in [0.1, 0.15) is 18.9 Å². The van der Waals surface area contributed by atoms with Crippen LogP contribution in [0.3, 0.4) is 0 Å². The number of nitro groups is 1. The molecular weight excluding hydrogens is 326 g/mol. The van der Waals surface area contributed by atoms with Crippen LogP contribution in [0.25, 0.3) is 0 Å². The first kappa shape index (κ1) is 14.5. The lowest BCUT2D eigenvalue weighted by molar-refractivity contribution is -0.384. The summed E-state index contributed by atoms with van der Waals surface area (Å²) in [6, 6.07) is 4.61. The zero-order valence-corrected chi connectivity index (χ0v) is 12.5. The minimum atomic E-state index is -0.426. The van der Waals surface area contributed by atoms with E-state index in [0.717, 1.165) is 18.5 Å². The van der Waals surface area contributed by atoms with Gasteiger partial charge in [0.2, 0.25) is 0 Å². The van der Waals surface area contributed by atoms with Gasteiger partial charge in [-0.05, 0) is 12.5 Å². The molecule has 0 fully saturated rings. The number of non-ortho nitro benzene ring substituents is 1. The Morgan fingerprint density at radius 3 is 2.95 bits per heavy atom. The van der Waals surface area contributed by atoms with E-state index in [2.05, 4.69) is 28.0 Å². The summed E-state index contributed by atoms with van der Waals surface area (Å²) < 4.78 is 8.10. The summed E-state index contributed by atoms with van der Waals surface area (Å²) in [5.41, 5.74) is 0.898. The molecule has 0 saturated carbocycles. The largest absolute Gasteiger partial charge is 0.486 e. The van der Waals surface area contributed by atoms with Gasteiger partial charge in [-0.15, -0.1) is 0 Å². The Hall–Kier alpha value is -1.89. The maximum absolute atomic E-state index is 10.7. The number of hydrogen-bond donors (Lipinski definition) is 0. The molecule has 1 aromatic heterocycles. The molecule has 0 spiro atoms. The predicted molar refractivity (Wildman–Crippen MR) is 77.6 cm³/mol. The van der Waals surface area contributed by atoms with Crippen LogP contribution in [0, 0.1) is 10.1 Å². The third kappa shape index (κ3) is 3.57. The second kappa shape index (κ2) is 6.51. The zero-order valence-electron chi connectivity index (χ0n) is 11.0. The third-order valence-electron chi connectivity index (χ3n) is 2.70. The Labute approximate surface area is 124 Å². The summed E-state index contributed by atoms with van der Waals surface area (Å²) in [7, 11) is 0. The smallest absolute Gasteiger partial charge is 0.270 e. The highest BCUT2D eigenvalue weighted by molar-refractivity contribution is 9.10. The van der Waals surface area contributed by atoms with Gasteiger partial charge in [0.1, 0.15) is 6.61 Å². The van der Waals surface area contributed by atoms with E-state index in [1.54, 1.807) is 12.3 Å². The molecule has 6 nitrogen and oxygen atoms in total. The molecule has 0 unspecified atom stereocenters. The van der Waals surface area contributed by atoms with E-state index >= 15 is 0 Å². The van der Waals surface area contributed by atoms with Crippen LogP contribution in [0.5, 0.6) is 5.75 Å². The van der Waals surface area contributed by atoms with Crippen molar-refractivity contribution in [3.05, 3.63) is 50.7 Å². The number of benzene rings is 1. The fourth-order valence-electron chi connectivity index (χ4n) is 1.70. The molecule has 2 rings (SSSR count). The van der Waals surface area contributed by atoms with Crippen LogP contribution in [0.2, 0.25) is 0 Å². The molecule has 0 radical (unpaired) electrons. The Balaban J connectivity index is 2.01. The van der Waals surface area contributed by atoms with Crippen molar-refractivity contribution < 1.29 is 9.66 Å². The predicted octanol–water partition coefficient (Wildman–Crippen LogP) is 3.54. The second-order valence-electron chi connectivity index (χ2n) is 4.26. The number of aromatic nitrogens is 2. The molecule has 0 N–H and O–H groups in total. The van der Waals surface area contributed by atoms with Gasteiger partial charge < -0.3 is 4.74 Å². The SMILES string of the molecule is CCCn1cc(OCc2ccc([N+](=O)[O-])cc2Br)cn1. The molecule has 0 aliphatic heterocycles. The van der Waals surface area contributed by atoms with Crippen molar-refractivity contribution in [2.45, 2.75) is 26.5 Å². The van der Waals surface area contributed by atoms with Gasteiger partial charge in [-0.2, -0.15) is 5.10 Å². The van der Waals surface area contributed by atoms with Crippen LogP contribution in [-0.4, -0.2) is 14.7 Å². The summed E-state index contributed by atoms with van der Waals surface area (Å²) in [4.78, 5) is 10.2. The van der Waals surface area contributed by atoms with Crippen LogP contribution in [0.4, 0.5) is 5.69 Å². The average Bonchev–Trinajstić information content (AvgIpc) is 2.85. The molecule has 0 atom stereocenters. The highest BCUT2D eigenvalue weighted by Crippen LogP contribution is 2.24. The van der Waals surface area contributed by atoms with E-state index < -0.39 is 4.92 Å². The summed E-state index contributed by atoms with van der Waals surface area (Å²) in [6.07, 6.45) is 4.51. The summed E-state index contributed by atoms with van der Waals surface area (Å²) in [6.45, 7) is 3.26. The fourth-order valence-corrected chi connectivity index (χ4v) is 2.18. The van der Waals surface area contributed by atoms with E-state index in [4.69, 9.17) is 4.74 Å². The van der Waals surface area contributed by atoms with Crippen molar-refractivity contribution >= 4 is 21.6 Å². The Bertz CT molecular complexity index is 613. The Morgan fingerprint density at radius 2 is 2.30 bits per heavy atom. The standard InChI is InChI=1S/C13H14BrN3O3/c1-2-5-16-8-12(7-15-16)20-9-10-3-4-11(17(18)19)6-13(10)14/h3-4,6-8H,2,5,9H2,1H3. The lowest BCUT2D eigenvalue weighted by Crippen LogP contribution is -1.98. The minimum absolute atomic E-state index is 0.0522. The first-order chi connectivity index (χ1) is 9.60. The third-order valence-corrected chi connectivity index (χ3v) is 3.44. The monoisotopic (exact) mass is 339 g/mol. The second-order valence-corrected chi connectivity index (χ2v) is 5.11. The van der Waals surface area contributed by atoms with E-state index in [9.17, 15) is 10.1 Å². The van der Waals surface area contributed by atoms with Crippen molar-refractivity contribution in [2.24, 2.45) is 0 Å². The maximum atomic E-state index is 10.7. The van der Waals surface area contributed by atoms with Crippen LogP contribution in [-0.2, 0) is 13.2 Å². The van der Waals surface area contributed by atoms with Gasteiger partial charge in [-0.1, -0.05) is 22.9 Å². The zero-order chi connectivity index (χ0) is 14.5. The molecule has 1 aromatic carbocycles. The van der Waals surface area contributed by atoms with Gasteiger partial charge >= 0.3 is 0 Å². The van der Waals surface area contributed by atoms with Crippen LogP contribution < -0.4 is 4.74 Å². The van der Waals surface area contributed by atoms with Gasteiger partial charge in [0.25, 0.3) is 5.69 Å². The highest BCUT2D eigenvalue weighted by atomic mass is 79.9. The molecule has 0 aliphatic rings. The Kier molecular flexibility index (Phi) is 4.73. The number of ether oxygens (including phenoxy) is 1. The van der Waals surface area contributed by atoms with Gasteiger partial charge in [0.05, 0.1) is 17.3 Å². The summed E-state index contributed by atoms with van der Waals surface area (Å²) in [5.74, 6) is 0.684. The number of hydrogen-bond acceptors (Lipinski definition) is 4. The van der Waals surface area contributed by atoms with Crippen molar-refractivity contribution in [2.75, 3.05) is 0 Å². The van der Waals surface area contributed by atoms with Crippen molar-refractivity contribution in [1.82, 2.24) is 9.78 Å². The van der Waals surface area contributed by atoms with Gasteiger partial charge in [-0.3, -0.25) is 14.8 Å². The van der Waals surface area contributed by atoms with Gasteiger partial charge in [0, 0.05) is 28.7 Å². The number of rotatable bonds is 6. The summed E-state index contributed by atoms with van der Waals surface area (Å²) >= 11 is 3.31. The molecule has 0 amide bonds. The first-order valence-electron chi connectivity index (χ1n) is 6.18. The molecule has 0 aliphatic carbocycles. The fraction of sp³-hybridized carbons (Fsp3) is 0.308. The van der Waals surface area contributed by atoms with Crippen molar-refractivity contribution in [3.8, 4) is 5.75 Å². The Morgan fingerprint density at radius 1 is 1.50 bits per heavy atom. The van der Waals surface area contributed by atoms with Gasteiger partial charge in [-0.25, -0.2) is 0 Å². The van der Waals surface area contributed by atoms with E-state index in [-0.39, 0.29) is 5.69 Å². The van der Waals surface area contributed by atoms with E-state index in [0.29, 0.717) is 16.8 Å². The molecule has 0 bridgehead atoms. The molecular formula is C13H14BrN3O3. The molecule has 7 heteroatoms. The number of halogens is 1. The molecule has 0 saturated heterocycles.